The molecule has 0 aliphatic carbocycles. The van der Waals surface area contributed by atoms with Crippen LogP contribution in [0.4, 0.5) is 8.78 Å². The van der Waals surface area contributed by atoms with Gasteiger partial charge in [0.05, 0.1) is 19.2 Å². The SMILES string of the molecule is COc1ccc(C2NNNC2C#N)cc1-c1ccc(F)c(F)c1. The minimum atomic E-state index is -0.924. The highest BCUT2D eigenvalue weighted by molar-refractivity contribution is 5.71. The first kappa shape index (κ1) is 15.4. The molecule has 5 nitrogen and oxygen atoms in total. The van der Waals surface area contributed by atoms with Crippen molar-refractivity contribution in [2.75, 3.05) is 7.11 Å². The standard InChI is InChI=1S/C16H14F2N4O/c1-23-15-5-3-10(16-14(8-19)20-22-21-16)6-11(15)9-2-4-12(17)13(18)7-9/h2-7,14,16,20-22H,1H3. The van der Waals surface area contributed by atoms with Crippen LogP contribution in [0.5, 0.6) is 5.75 Å². The van der Waals surface area contributed by atoms with Crippen molar-refractivity contribution in [3.05, 3.63) is 53.6 Å². The lowest BCUT2D eigenvalue weighted by molar-refractivity contribution is 0.416. The molecular weight excluding hydrogens is 302 g/mol. The molecule has 118 valence electrons. The molecule has 0 spiro atoms. The largest absolute Gasteiger partial charge is 0.496 e. The highest BCUT2D eigenvalue weighted by atomic mass is 19.2. The lowest BCUT2D eigenvalue weighted by Gasteiger charge is -2.16. The van der Waals surface area contributed by atoms with Gasteiger partial charge in [0.1, 0.15) is 11.8 Å². The fourth-order valence-electron chi connectivity index (χ4n) is 2.55. The number of hydrogen-bond donors (Lipinski definition) is 3. The van der Waals surface area contributed by atoms with Crippen LogP contribution in [0.15, 0.2) is 36.4 Å². The van der Waals surface area contributed by atoms with Crippen LogP contribution in [0.25, 0.3) is 11.1 Å². The van der Waals surface area contributed by atoms with Gasteiger partial charge in [-0.15, -0.1) is 0 Å². The second-order valence-corrected chi connectivity index (χ2v) is 5.09. The van der Waals surface area contributed by atoms with E-state index in [1.807, 2.05) is 6.07 Å². The van der Waals surface area contributed by atoms with Crippen molar-refractivity contribution < 1.29 is 13.5 Å². The molecular formula is C16H14F2N4O. The van der Waals surface area contributed by atoms with E-state index in [0.29, 0.717) is 16.9 Å². The number of benzene rings is 2. The van der Waals surface area contributed by atoms with Crippen molar-refractivity contribution in [2.45, 2.75) is 12.1 Å². The van der Waals surface area contributed by atoms with Crippen LogP contribution in [-0.2, 0) is 0 Å². The molecule has 3 rings (SSSR count). The number of rotatable bonds is 3. The molecule has 3 N–H and O–H groups in total. The quantitative estimate of drug-likeness (QED) is 0.810. The molecule has 1 saturated heterocycles. The summed E-state index contributed by atoms with van der Waals surface area (Å²) in [7, 11) is 1.51. The first-order chi connectivity index (χ1) is 11.1. The Kier molecular flexibility index (Phi) is 4.21. The maximum absolute atomic E-state index is 13.5. The van der Waals surface area contributed by atoms with Gasteiger partial charge >= 0.3 is 0 Å². The van der Waals surface area contributed by atoms with Crippen LogP contribution in [0.1, 0.15) is 11.6 Å². The van der Waals surface area contributed by atoms with Gasteiger partial charge in [0.25, 0.3) is 0 Å². The Morgan fingerprint density at radius 1 is 1.09 bits per heavy atom. The number of halogens is 2. The molecule has 2 aromatic carbocycles. The Morgan fingerprint density at radius 2 is 1.91 bits per heavy atom. The predicted octanol–water partition coefficient (Wildman–Crippen LogP) is 2.19. The van der Waals surface area contributed by atoms with E-state index in [1.165, 1.54) is 13.2 Å². The highest BCUT2D eigenvalue weighted by Gasteiger charge is 2.28. The van der Waals surface area contributed by atoms with E-state index in [1.54, 1.807) is 12.1 Å². The van der Waals surface area contributed by atoms with E-state index in [9.17, 15) is 8.78 Å². The van der Waals surface area contributed by atoms with Gasteiger partial charge in [0.2, 0.25) is 0 Å². The van der Waals surface area contributed by atoms with Gasteiger partial charge in [0.15, 0.2) is 11.6 Å². The topological polar surface area (TPSA) is 69.1 Å². The average molecular weight is 316 g/mol. The maximum Gasteiger partial charge on any atom is 0.159 e. The van der Waals surface area contributed by atoms with E-state index < -0.39 is 17.7 Å². The fourth-order valence-corrected chi connectivity index (χ4v) is 2.55. The van der Waals surface area contributed by atoms with Crippen molar-refractivity contribution >= 4 is 0 Å². The second-order valence-electron chi connectivity index (χ2n) is 5.09. The molecule has 0 radical (unpaired) electrons. The Balaban J connectivity index is 2.06. The number of nitrogens with one attached hydrogen (secondary N) is 3. The van der Waals surface area contributed by atoms with Gasteiger partial charge in [-0.2, -0.15) is 10.8 Å². The second kappa shape index (κ2) is 6.30. The third-order valence-electron chi connectivity index (χ3n) is 3.74. The first-order valence-corrected chi connectivity index (χ1v) is 6.93. The summed E-state index contributed by atoms with van der Waals surface area (Å²) in [6, 6.07) is 10.4. The van der Waals surface area contributed by atoms with E-state index in [0.717, 1.165) is 17.7 Å². The predicted molar refractivity (Wildman–Crippen MR) is 79.9 cm³/mol. The molecule has 2 unspecified atom stereocenters. The molecule has 0 bridgehead atoms. The van der Waals surface area contributed by atoms with Crippen LogP contribution in [0, 0.1) is 23.0 Å². The third-order valence-corrected chi connectivity index (χ3v) is 3.74. The van der Waals surface area contributed by atoms with Crippen LogP contribution in [0.3, 0.4) is 0 Å². The minimum absolute atomic E-state index is 0.282. The van der Waals surface area contributed by atoms with Crippen molar-refractivity contribution in [1.29, 1.82) is 5.26 Å². The Labute approximate surface area is 131 Å². The maximum atomic E-state index is 13.5. The molecule has 7 heteroatoms. The molecule has 0 aromatic heterocycles. The molecule has 1 fully saturated rings. The molecule has 1 aliphatic heterocycles. The van der Waals surface area contributed by atoms with E-state index in [2.05, 4.69) is 22.5 Å². The van der Waals surface area contributed by atoms with Crippen molar-refractivity contribution in [1.82, 2.24) is 16.4 Å². The zero-order valence-electron chi connectivity index (χ0n) is 12.2. The van der Waals surface area contributed by atoms with Crippen LogP contribution >= 0.6 is 0 Å². The van der Waals surface area contributed by atoms with Crippen LogP contribution < -0.4 is 21.1 Å². The summed E-state index contributed by atoms with van der Waals surface area (Å²) >= 11 is 0. The fraction of sp³-hybridized carbons (Fsp3) is 0.188. The van der Waals surface area contributed by atoms with E-state index in [4.69, 9.17) is 10.00 Å². The monoisotopic (exact) mass is 316 g/mol. The summed E-state index contributed by atoms with van der Waals surface area (Å²) in [5.41, 5.74) is 10.4. The van der Waals surface area contributed by atoms with Crippen LogP contribution in [-0.4, -0.2) is 13.2 Å². The Bertz CT molecular complexity index is 775. The molecule has 0 saturated carbocycles. The third kappa shape index (κ3) is 2.87. The Morgan fingerprint density at radius 3 is 2.61 bits per heavy atom. The van der Waals surface area contributed by atoms with Gasteiger partial charge in [-0.3, -0.25) is 0 Å². The summed E-state index contributed by atoms with van der Waals surface area (Å²) < 4.78 is 32.0. The number of hydrogen-bond acceptors (Lipinski definition) is 5. The number of hydrazine groups is 2. The minimum Gasteiger partial charge on any atom is -0.496 e. The van der Waals surface area contributed by atoms with Gasteiger partial charge in [-0.25, -0.2) is 19.6 Å². The Hall–Kier alpha value is -2.53. The summed E-state index contributed by atoms with van der Waals surface area (Å²) in [5.74, 6) is -1.29. The lowest BCUT2D eigenvalue weighted by atomic mass is 9.96. The van der Waals surface area contributed by atoms with Gasteiger partial charge < -0.3 is 4.74 Å². The average Bonchev–Trinajstić information content (AvgIpc) is 3.05. The summed E-state index contributed by atoms with van der Waals surface area (Å²) in [6.07, 6.45) is 0. The van der Waals surface area contributed by atoms with Crippen LogP contribution in [0.2, 0.25) is 0 Å². The highest BCUT2D eigenvalue weighted by Crippen LogP contribution is 2.34. The van der Waals surface area contributed by atoms with E-state index in [-0.39, 0.29) is 6.04 Å². The zero-order chi connectivity index (χ0) is 16.4. The molecule has 23 heavy (non-hydrogen) atoms. The lowest BCUT2D eigenvalue weighted by Crippen LogP contribution is -2.32. The van der Waals surface area contributed by atoms with Gasteiger partial charge in [0, 0.05) is 5.56 Å². The smallest absolute Gasteiger partial charge is 0.159 e. The van der Waals surface area contributed by atoms with E-state index >= 15 is 0 Å². The summed E-state index contributed by atoms with van der Waals surface area (Å²) in [5, 5.41) is 9.14. The van der Waals surface area contributed by atoms with Gasteiger partial charge in [-0.05, 0) is 35.4 Å². The molecule has 0 amide bonds. The van der Waals surface area contributed by atoms with Crippen molar-refractivity contribution in [3.63, 3.8) is 0 Å². The summed E-state index contributed by atoms with van der Waals surface area (Å²) in [4.78, 5) is 0. The van der Waals surface area contributed by atoms with Crippen molar-refractivity contribution in [3.8, 4) is 22.9 Å². The molecule has 1 aliphatic rings. The molecule has 2 aromatic rings. The molecule has 2 atom stereocenters. The number of nitrogens with zero attached hydrogens (tertiary/aromatic N) is 1. The number of methoxy groups -OCH3 is 1. The first-order valence-electron chi connectivity index (χ1n) is 6.93. The zero-order valence-corrected chi connectivity index (χ0v) is 12.2. The normalized spacial score (nSPS) is 20.3. The number of nitriles is 1. The number of ether oxygens (including phenoxy) is 1. The van der Waals surface area contributed by atoms with Gasteiger partial charge in [-0.1, -0.05) is 12.1 Å². The van der Waals surface area contributed by atoms with Crippen molar-refractivity contribution in [2.24, 2.45) is 0 Å². The molecule has 1 heterocycles. The summed E-state index contributed by atoms with van der Waals surface area (Å²) in [6.45, 7) is 0.